The van der Waals surface area contributed by atoms with Gasteiger partial charge in [0.1, 0.15) is 34.1 Å². The molecule has 0 spiro atoms. The highest BCUT2D eigenvalue weighted by Crippen LogP contribution is 2.26. The number of halogens is 2. The summed E-state index contributed by atoms with van der Waals surface area (Å²) in [5, 5.41) is 0. The number of anilines is 4. The molecular weight excluding hydrogens is 803 g/mol. The fraction of sp³-hybridized carbons (Fsp3) is 0.348. The molecule has 0 radical (unpaired) electrons. The van der Waals surface area contributed by atoms with E-state index in [1.165, 1.54) is 66.7 Å². The molecule has 0 saturated heterocycles. The van der Waals surface area contributed by atoms with E-state index >= 15 is 0 Å². The number of rotatable bonds is 18. The predicted molar refractivity (Wildman–Crippen MR) is 226 cm³/mol. The van der Waals surface area contributed by atoms with Crippen LogP contribution in [0, 0.1) is 21.6 Å². The Balaban J connectivity index is 0.00000110. The summed E-state index contributed by atoms with van der Waals surface area (Å²) in [7, 11) is -5.70. The van der Waals surface area contributed by atoms with Crippen molar-refractivity contribution < 1.29 is 59.3 Å². The molecule has 0 saturated carbocycles. The molecule has 0 aliphatic rings. The van der Waals surface area contributed by atoms with Gasteiger partial charge in [0, 0.05) is 148 Å². The molecule has 5 aromatic rings. The lowest BCUT2D eigenvalue weighted by Crippen LogP contribution is -2.97. The third-order valence-corrected chi connectivity index (χ3v) is 10.6. The van der Waals surface area contributed by atoms with E-state index in [9.17, 15) is 0 Å². The van der Waals surface area contributed by atoms with Gasteiger partial charge in [-0.3, -0.25) is 0 Å². The maximum Gasteiger partial charge on any atom is 0.141 e. The number of hydrogen-bond donors (Lipinski definition) is 2. The third-order valence-electron chi connectivity index (χ3n) is 10.6. The van der Waals surface area contributed by atoms with Gasteiger partial charge >= 0.3 is 0 Å². The van der Waals surface area contributed by atoms with E-state index < -0.39 is 21.6 Å². The van der Waals surface area contributed by atoms with Gasteiger partial charge < -0.3 is 47.6 Å². The van der Waals surface area contributed by atoms with E-state index in [1.54, 1.807) is 0 Å². The Hall–Kier alpha value is -4.44. The first-order valence-corrected chi connectivity index (χ1v) is 22.5. The maximum atomic E-state index is 8.41. The summed E-state index contributed by atoms with van der Waals surface area (Å²) in [6, 6.07) is 45.8. The van der Waals surface area contributed by atoms with E-state index in [4.69, 9.17) is 28.0 Å². The van der Waals surface area contributed by atoms with Crippen LogP contribution >= 0.6 is 0 Å². The van der Waals surface area contributed by atoms with E-state index in [0.717, 1.165) is 52.4 Å². The Morgan fingerprint density at radius 2 is 0.400 bits per heavy atom. The predicted octanol–water partition coefficient (Wildman–Crippen LogP) is 2.30. The molecule has 12 nitrogen and oxygen atoms in total. The topological polar surface area (TPSA) is 160 Å². The van der Waals surface area contributed by atoms with Gasteiger partial charge in [0.05, 0.1) is 21.6 Å². The minimum absolute atomic E-state index is 0.996. The summed E-state index contributed by atoms with van der Waals surface area (Å²) in [6.45, 7) is 25.7. The molecule has 0 aliphatic carbocycles. The second kappa shape index (κ2) is 26.0. The summed E-state index contributed by atoms with van der Waals surface area (Å²) in [6.07, 6.45) is 0. The second-order valence-electron chi connectivity index (χ2n) is 13.6. The summed E-state index contributed by atoms with van der Waals surface area (Å²) < 4.78 is 50.4. The Kier molecular flexibility index (Phi) is 21.6. The normalized spacial score (nSPS) is 11.0. The smallest absolute Gasteiger partial charge is 0.141 e. The molecule has 14 heteroatoms. The van der Waals surface area contributed by atoms with Crippen LogP contribution in [0.4, 0.5) is 56.9 Å². The largest absolute Gasteiger partial charge is 0.372 e. The Morgan fingerprint density at radius 1 is 0.283 bits per heavy atom. The number of hydrogen-bond acceptors (Lipinski definition) is 10. The van der Waals surface area contributed by atoms with Gasteiger partial charge in [0.15, 0.2) is 0 Å². The molecule has 2 N–H and O–H groups in total. The van der Waals surface area contributed by atoms with Crippen LogP contribution < -0.4 is 57.4 Å². The highest BCUT2D eigenvalue weighted by molar-refractivity contribution is 5.59. The van der Waals surface area contributed by atoms with Crippen molar-refractivity contribution in [1.29, 1.82) is 0 Å². The number of quaternary nitrogens is 2. The Morgan fingerprint density at radius 3 is 0.517 bits per heavy atom. The van der Waals surface area contributed by atoms with Gasteiger partial charge in [-0.25, -0.2) is 9.80 Å². The Labute approximate surface area is 363 Å². The van der Waals surface area contributed by atoms with Gasteiger partial charge in [0.2, 0.25) is 0 Å². The van der Waals surface area contributed by atoms with Crippen LogP contribution in [0.15, 0.2) is 121 Å². The molecule has 0 aromatic heterocycles. The fourth-order valence-corrected chi connectivity index (χ4v) is 7.51. The van der Waals surface area contributed by atoms with E-state index in [2.05, 4.69) is 196 Å². The lowest BCUT2D eigenvalue weighted by molar-refractivity contribution is -1.73. The minimum Gasteiger partial charge on any atom is -0.372 e. The van der Waals surface area contributed by atoms with E-state index in [-0.39, 0.29) is 0 Å². The zero-order chi connectivity index (χ0) is 44.2. The first-order valence-electron chi connectivity index (χ1n) is 20.6. The molecule has 0 bridgehead atoms. The Bertz CT molecular complexity index is 1630. The van der Waals surface area contributed by atoms with Crippen LogP contribution in [0.1, 0.15) is 55.4 Å². The van der Waals surface area contributed by atoms with Crippen molar-refractivity contribution in [3.8, 4) is 0 Å². The minimum atomic E-state index is -2.85. The summed E-state index contributed by atoms with van der Waals surface area (Å²) in [4.78, 5) is 12.1. The van der Waals surface area contributed by atoms with Crippen molar-refractivity contribution in [2.75, 3.05) is 72.0 Å². The zero-order valence-electron chi connectivity index (χ0n) is 36.2. The lowest BCUT2D eigenvalue weighted by Gasteiger charge is -2.25. The second-order valence-corrected chi connectivity index (χ2v) is 14.3. The molecule has 5 aromatic carbocycles. The monoisotopic (exact) mass is 864 g/mol. The number of benzene rings is 5. The molecule has 0 atom stereocenters. The summed E-state index contributed by atoms with van der Waals surface area (Å²) in [5.74, 6) is 0. The van der Waals surface area contributed by atoms with Crippen molar-refractivity contribution >= 4 is 56.9 Å². The van der Waals surface area contributed by atoms with Crippen molar-refractivity contribution in [2.24, 2.45) is 0 Å². The van der Waals surface area contributed by atoms with Crippen molar-refractivity contribution in [1.82, 2.24) is 0 Å². The van der Waals surface area contributed by atoms with Crippen LogP contribution in [-0.2, 0) is 0 Å². The van der Waals surface area contributed by atoms with Gasteiger partial charge in [-0.1, -0.05) is 0 Å². The van der Waals surface area contributed by atoms with Gasteiger partial charge in [0.25, 0.3) is 0 Å². The first kappa shape index (κ1) is 49.9. The van der Waals surface area contributed by atoms with Crippen LogP contribution in [0.25, 0.3) is 0 Å². The van der Waals surface area contributed by atoms with Gasteiger partial charge in [-0.15, -0.1) is 0 Å². The zero-order valence-corrected chi connectivity index (χ0v) is 37.7. The highest BCUT2D eigenvalue weighted by atomic mass is 35.6. The van der Waals surface area contributed by atoms with Crippen molar-refractivity contribution in [2.45, 2.75) is 55.4 Å². The molecule has 60 heavy (non-hydrogen) atoms. The molecule has 326 valence electrons. The molecule has 0 amide bonds. The average molecular weight is 866 g/mol. The molecular formula is C46H62Cl2N6O6. The van der Waals surface area contributed by atoms with Crippen LogP contribution in [0.3, 0.4) is 0 Å². The van der Waals surface area contributed by atoms with Crippen LogP contribution in [0.5, 0.6) is 0 Å². The first-order chi connectivity index (χ1) is 28.9. The number of nitrogens with zero attached hydrogens (tertiary/aromatic N) is 4. The molecule has 0 fully saturated rings. The fourth-order valence-electron chi connectivity index (χ4n) is 7.51. The highest BCUT2D eigenvalue weighted by Gasteiger charge is 2.24. The van der Waals surface area contributed by atoms with Gasteiger partial charge in [-0.2, -0.15) is 0 Å². The van der Waals surface area contributed by atoms with Crippen LogP contribution in [0.2, 0.25) is 0 Å². The average Bonchev–Trinajstić information content (AvgIpc) is 3.25. The van der Waals surface area contributed by atoms with E-state index in [0.29, 0.717) is 0 Å². The molecule has 0 unspecified atom stereocenters. The van der Waals surface area contributed by atoms with E-state index in [1.807, 2.05) is 0 Å². The summed E-state index contributed by atoms with van der Waals surface area (Å²) >= 11 is 0. The molecule has 5 rings (SSSR count). The summed E-state index contributed by atoms with van der Waals surface area (Å²) in [5.41, 5.74) is 12.4. The standard InChI is InChI=1S/C46H60N6.2ClO3/c1-9-47(10-2)37-17-25-41(26-18-37)51(42-27-19-38(20-28-42)48(11-3)12-4)45-33-35-46(36-34-45)52(43-29-21-39(22-30-43)49(13-5)14-6)44-31-23-40(24-32-44)50(15-7)16-8;2*2-1(3)4/h17-36H,9-16H2,1-8H3;;/q;2*-1/p+2. The van der Waals surface area contributed by atoms with Crippen LogP contribution in [-0.4, -0.2) is 52.4 Å². The quantitative estimate of drug-likeness (QED) is 0.134. The SMILES string of the molecule is CCN(CC)c1ccc([NH+](c2ccc(N(CC)CC)cc2)c2ccc([NH+](c3ccc(N(CC)CC)cc3)c3ccc(N(CC)CC)cc3)cc2)cc1.[O-][Cl+2]([O-])[O-].[O-][Cl+2]([O-])[O-]. The lowest BCUT2D eigenvalue weighted by atomic mass is 10.1. The molecule has 0 heterocycles. The van der Waals surface area contributed by atoms with Crippen molar-refractivity contribution in [3.05, 3.63) is 121 Å². The van der Waals surface area contributed by atoms with Gasteiger partial charge in [-0.05, 0) is 104 Å². The third kappa shape index (κ3) is 14.3. The molecule has 0 aliphatic heterocycles. The van der Waals surface area contributed by atoms with Crippen molar-refractivity contribution in [3.63, 3.8) is 0 Å². The number of nitrogens with one attached hydrogen (secondary N) is 2. The maximum absolute atomic E-state index is 8.41.